The van der Waals surface area contributed by atoms with E-state index in [1.54, 1.807) is 0 Å². The van der Waals surface area contributed by atoms with Crippen molar-refractivity contribution in [3.05, 3.63) is 70.8 Å². The van der Waals surface area contributed by atoms with E-state index in [1.807, 2.05) is 12.1 Å². The van der Waals surface area contributed by atoms with Crippen LogP contribution in [0.1, 0.15) is 74.5 Å². The summed E-state index contributed by atoms with van der Waals surface area (Å²) < 4.78 is 32.2. The van der Waals surface area contributed by atoms with E-state index in [1.165, 1.54) is 43.7 Å². The maximum absolute atomic E-state index is 13.2. The van der Waals surface area contributed by atoms with Gasteiger partial charge in [0, 0.05) is 17.7 Å². The van der Waals surface area contributed by atoms with E-state index in [-0.39, 0.29) is 0 Å². The lowest BCUT2D eigenvalue weighted by molar-refractivity contribution is 0.0227. The van der Waals surface area contributed by atoms with Crippen molar-refractivity contribution in [1.82, 2.24) is 0 Å². The van der Waals surface area contributed by atoms with Crippen LogP contribution in [0.15, 0.2) is 42.5 Å². The van der Waals surface area contributed by atoms with Crippen molar-refractivity contribution in [3.8, 4) is 11.8 Å². The molecule has 1 fully saturated rings. The molecular formula is C25H28F2O. The fraction of sp³-hybridized carbons (Fsp3) is 0.440. The molecule has 148 valence electrons. The number of unbranched alkanes of at least 4 members (excludes halogenated alkanes) is 2. The van der Waals surface area contributed by atoms with E-state index >= 15 is 0 Å². The molecule has 0 atom stereocenters. The van der Waals surface area contributed by atoms with Gasteiger partial charge in [-0.15, -0.1) is 0 Å². The highest BCUT2D eigenvalue weighted by Gasteiger charge is 2.22. The van der Waals surface area contributed by atoms with Crippen molar-refractivity contribution in [2.45, 2.75) is 63.9 Å². The van der Waals surface area contributed by atoms with E-state index in [2.05, 4.69) is 30.9 Å². The quantitative estimate of drug-likeness (QED) is 0.404. The Labute approximate surface area is 167 Å². The summed E-state index contributed by atoms with van der Waals surface area (Å²) in [5, 5.41) is 0. The van der Waals surface area contributed by atoms with Crippen LogP contribution in [-0.2, 0) is 4.74 Å². The van der Waals surface area contributed by atoms with Crippen molar-refractivity contribution in [2.24, 2.45) is 0 Å². The molecule has 3 rings (SSSR count). The van der Waals surface area contributed by atoms with Crippen molar-refractivity contribution in [3.63, 3.8) is 0 Å². The van der Waals surface area contributed by atoms with Crippen LogP contribution in [0.2, 0.25) is 0 Å². The van der Waals surface area contributed by atoms with Crippen LogP contribution in [-0.4, -0.2) is 12.7 Å². The first-order valence-electron chi connectivity index (χ1n) is 10.3. The molecule has 0 bridgehead atoms. The summed E-state index contributed by atoms with van der Waals surface area (Å²) in [7, 11) is 0. The molecular weight excluding hydrogens is 354 g/mol. The van der Waals surface area contributed by atoms with Gasteiger partial charge in [-0.2, -0.15) is 0 Å². The minimum Gasteiger partial charge on any atom is -0.378 e. The van der Waals surface area contributed by atoms with Gasteiger partial charge in [0.05, 0.1) is 6.10 Å². The first-order valence-corrected chi connectivity index (χ1v) is 10.3. The van der Waals surface area contributed by atoms with E-state index in [9.17, 15) is 8.78 Å². The van der Waals surface area contributed by atoms with Gasteiger partial charge in [-0.05, 0) is 73.9 Å². The molecule has 2 aromatic carbocycles. The zero-order valence-electron chi connectivity index (χ0n) is 16.5. The lowest BCUT2D eigenvalue weighted by atomic mass is 9.82. The smallest absolute Gasteiger partial charge is 0.160 e. The molecule has 1 aliphatic rings. The highest BCUT2D eigenvalue weighted by molar-refractivity contribution is 5.44. The molecule has 0 N–H and O–H groups in total. The largest absolute Gasteiger partial charge is 0.378 e. The maximum Gasteiger partial charge on any atom is 0.160 e. The normalized spacial score (nSPS) is 19.1. The number of ether oxygens (including phenoxy) is 1. The lowest BCUT2D eigenvalue weighted by Crippen LogP contribution is -2.21. The molecule has 0 amide bonds. The molecule has 0 radical (unpaired) electrons. The Morgan fingerprint density at radius 2 is 1.54 bits per heavy atom. The van der Waals surface area contributed by atoms with Crippen LogP contribution < -0.4 is 0 Å². The Kier molecular flexibility index (Phi) is 7.62. The molecule has 0 aromatic heterocycles. The summed E-state index contributed by atoms with van der Waals surface area (Å²) in [6, 6.07) is 12.0. The van der Waals surface area contributed by atoms with Gasteiger partial charge in [0.2, 0.25) is 0 Å². The third kappa shape index (κ3) is 5.91. The fourth-order valence-corrected chi connectivity index (χ4v) is 3.72. The Morgan fingerprint density at radius 1 is 0.857 bits per heavy atom. The Morgan fingerprint density at radius 3 is 2.21 bits per heavy atom. The van der Waals surface area contributed by atoms with E-state index in [4.69, 9.17) is 4.74 Å². The van der Waals surface area contributed by atoms with Crippen LogP contribution in [0.25, 0.3) is 0 Å². The van der Waals surface area contributed by atoms with E-state index < -0.39 is 11.6 Å². The molecule has 0 unspecified atom stereocenters. The summed E-state index contributed by atoms with van der Waals surface area (Å²) >= 11 is 0. The number of benzene rings is 2. The minimum atomic E-state index is -0.868. The predicted molar refractivity (Wildman–Crippen MR) is 109 cm³/mol. The molecule has 0 spiro atoms. The number of hydrogen-bond donors (Lipinski definition) is 0. The molecule has 28 heavy (non-hydrogen) atoms. The van der Waals surface area contributed by atoms with Crippen LogP contribution >= 0.6 is 0 Å². The van der Waals surface area contributed by atoms with E-state index in [0.717, 1.165) is 37.1 Å². The summed E-state index contributed by atoms with van der Waals surface area (Å²) in [5.41, 5.74) is 2.70. The topological polar surface area (TPSA) is 9.23 Å². The number of rotatable bonds is 6. The highest BCUT2D eigenvalue weighted by atomic mass is 19.2. The summed E-state index contributed by atoms with van der Waals surface area (Å²) in [5.74, 6) is 4.78. The third-order valence-electron chi connectivity index (χ3n) is 5.43. The van der Waals surface area contributed by atoms with Crippen LogP contribution in [0.3, 0.4) is 0 Å². The van der Waals surface area contributed by atoms with Gasteiger partial charge < -0.3 is 4.74 Å². The predicted octanol–water partition coefficient (Wildman–Crippen LogP) is 6.60. The average molecular weight is 382 g/mol. The average Bonchev–Trinajstić information content (AvgIpc) is 2.73. The van der Waals surface area contributed by atoms with Gasteiger partial charge in [-0.1, -0.05) is 43.7 Å². The van der Waals surface area contributed by atoms with Gasteiger partial charge in [0.25, 0.3) is 0 Å². The van der Waals surface area contributed by atoms with Crippen LogP contribution in [0, 0.1) is 23.5 Å². The third-order valence-corrected chi connectivity index (χ3v) is 5.43. The highest BCUT2D eigenvalue weighted by Crippen LogP contribution is 2.34. The van der Waals surface area contributed by atoms with Gasteiger partial charge in [0.1, 0.15) is 0 Å². The molecule has 3 heteroatoms. The zero-order valence-corrected chi connectivity index (χ0v) is 16.5. The number of hydrogen-bond acceptors (Lipinski definition) is 1. The minimum absolute atomic E-state index is 0.425. The second-order valence-corrected chi connectivity index (χ2v) is 7.55. The summed E-state index contributed by atoms with van der Waals surface area (Å²) in [6.45, 7) is 3.11. The lowest BCUT2D eigenvalue weighted by Gasteiger charge is -2.29. The zero-order chi connectivity index (χ0) is 19.8. The Balaban J connectivity index is 1.51. The van der Waals surface area contributed by atoms with Crippen molar-refractivity contribution >= 4 is 0 Å². The first kappa shape index (κ1) is 20.6. The second-order valence-electron chi connectivity index (χ2n) is 7.55. The molecule has 0 aliphatic heterocycles. The second kappa shape index (κ2) is 10.4. The van der Waals surface area contributed by atoms with Crippen molar-refractivity contribution in [1.29, 1.82) is 0 Å². The Hall–Kier alpha value is -2.18. The molecule has 1 saturated carbocycles. The molecule has 1 nitrogen and oxygen atoms in total. The standard InChI is InChI=1S/C25H28F2O/c1-2-3-4-17-28-23-14-12-22(13-15-23)21-10-7-19(8-11-21)5-6-20-9-16-24(26)25(27)18-20/h7-11,16,18,22-23H,2-4,12-15,17H2,1H3. The van der Waals surface area contributed by atoms with Gasteiger partial charge in [0.15, 0.2) is 11.6 Å². The van der Waals surface area contributed by atoms with Crippen LogP contribution in [0.4, 0.5) is 8.78 Å². The summed E-state index contributed by atoms with van der Waals surface area (Å²) in [4.78, 5) is 0. The van der Waals surface area contributed by atoms with Gasteiger partial charge in [-0.25, -0.2) is 8.78 Å². The van der Waals surface area contributed by atoms with E-state index in [0.29, 0.717) is 17.6 Å². The first-order chi connectivity index (χ1) is 13.7. The molecule has 0 saturated heterocycles. The van der Waals surface area contributed by atoms with Gasteiger partial charge >= 0.3 is 0 Å². The van der Waals surface area contributed by atoms with Gasteiger partial charge in [-0.3, -0.25) is 0 Å². The molecule has 2 aromatic rings. The van der Waals surface area contributed by atoms with Crippen molar-refractivity contribution < 1.29 is 13.5 Å². The number of halogens is 2. The molecule has 0 heterocycles. The summed E-state index contributed by atoms with van der Waals surface area (Å²) in [6.07, 6.45) is 8.68. The maximum atomic E-state index is 13.2. The fourth-order valence-electron chi connectivity index (χ4n) is 3.72. The SMILES string of the molecule is CCCCCOC1CCC(c2ccc(C#Cc3ccc(F)c(F)c3)cc2)CC1. The Bertz CT molecular complexity index is 809. The monoisotopic (exact) mass is 382 g/mol. The molecule has 1 aliphatic carbocycles. The van der Waals surface area contributed by atoms with Crippen molar-refractivity contribution in [2.75, 3.05) is 6.61 Å². The van der Waals surface area contributed by atoms with Crippen LogP contribution in [0.5, 0.6) is 0 Å².